The molecule has 4 N–H and O–H groups in total. The van der Waals surface area contributed by atoms with E-state index >= 15 is 0 Å². The number of aromatic nitrogens is 5. The lowest BCUT2D eigenvalue weighted by Crippen LogP contribution is -2.48. The monoisotopic (exact) mass is 445 g/mol. The Hall–Kier alpha value is -4.02. The van der Waals surface area contributed by atoms with Crippen LogP contribution in [0.2, 0.25) is 0 Å². The summed E-state index contributed by atoms with van der Waals surface area (Å²) in [7, 11) is 1.68. The quantitative estimate of drug-likeness (QED) is 0.333. The van der Waals surface area contributed by atoms with E-state index in [1.807, 2.05) is 48.5 Å². The van der Waals surface area contributed by atoms with Crippen molar-refractivity contribution in [3.05, 3.63) is 78.1 Å². The van der Waals surface area contributed by atoms with Crippen LogP contribution in [0.15, 0.2) is 60.9 Å². The number of anilines is 1. The van der Waals surface area contributed by atoms with Crippen molar-refractivity contribution in [3.8, 4) is 16.9 Å². The van der Waals surface area contributed by atoms with Gasteiger partial charge in [0.05, 0.1) is 11.9 Å². The molecule has 33 heavy (non-hydrogen) atoms. The second-order valence-electron chi connectivity index (χ2n) is 7.82. The number of nitrogens with one attached hydrogen (secondary N) is 3. The number of hydrogen-bond acceptors (Lipinski definition) is 7. The van der Waals surface area contributed by atoms with Crippen LogP contribution in [-0.4, -0.2) is 56.1 Å². The van der Waals surface area contributed by atoms with Crippen molar-refractivity contribution in [2.45, 2.75) is 18.7 Å². The normalized spacial score (nSPS) is 16.7. The van der Waals surface area contributed by atoms with Gasteiger partial charge in [-0.1, -0.05) is 36.4 Å². The Morgan fingerprint density at radius 1 is 1.21 bits per heavy atom. The standard InChI is InChI=1S/C23H23N7O3/c1-30-18-10-15(16-11-24-25-12-16)7-8-19(18)33-13-17(23(30)32)26-22(31)21-27-20(28-29-21)9-14-5-3-2-4-6-14/h2-8,10-12,17,22,26,31H,9,13H2,1H3,(H,24,25)(H,27,28,29)/t17-,22?/m0/s1. The summed E-state index contributed by atoms with van der Waals surface area (Å²) in [6.07, 6.45) is 2.84. The lowest BCUT2D eigenvalue weighted by molar-refractivity contribution is -0.121. The number of carbonyl (C=O) groups excluding carboxylic acids is 1. The van der Waals surface area contributed by atoms with Crippen molar-refractivity contribution in [1.82, 2.24) is 30.7 Å². The maximum absolute atomic E-state index is 13.1. The Balaban J connectivity index is 1.29. The van der Waals surface area contributed by atoms with Gasteiger partial charge in [-0.15, -0.1) is 10.2 Å². The number of aliphatic hydroxyl groups is 1. The molecule has 168 valence electrons. The zero-order chi connectivity index (χ0) is 22.8. The highest BCUT2D eigenvalue weighted by Gasteiger charge is 2.32. The number of fused-ring (bicyclic) bond motifs is 1. The number of aromatic amines is 2. The van der Waals surface area contributed by atoms with Crippen LogP contribution in [0.5, 0.6) is 5.75 Å². The van der Waals surface area contributed by atoms with Gasteiger partial charge in [-0.2, -0.15) is 5.10 Å². The molecule has 2 aromatic carbocycles. The molecule has 1 unspecified atom stereocenters. The summed E-state index contributed by atoms with van der Waals surface area (Å²) in [5.41, 5.74) is 3.53. The van der Waals surface area contributed by atoms with Crippen LogP contribution in [0.3, 0.4) is 0 Å². The number of carbonyl (C=O) groups is 1. The lowest BCUT2D eigenvalue weighted by atomic mass is 10.1. The molecular formula is C23H23N7O3. The van der Waals surface area contributed by atoms with Gasteiger partial charge in [0.15, 0.2) is 12.1 Å². The van der Waals surface area contributed by atoms with Crippen molar-refractivity contribution >= 4 is 11.6 Å². The fourth-order valence-corrected chi connectivity index (χ4v) is 3.78. The molecule has 10 nitrogen and oxygen atoms in total. The topological polar surface area (TPSA) is 132 Å². The van der Waals surface area contributed by atoms with Crippen LogP contribution in [0.1, 0.15) is 23.4 Å². The summed E-state index contributed by atoms with van der Waals surface area (Å²) < 4.78 is 5.89. The molecule has 0 fully saturated rings. The second kappa shape index (κ2) is 8.85. The number of nitrogens with zero attached hydrogens (tertiary/aromatic N) is 4. The van der Waals surface area contributed by atoms with Gasteiger partial charge in [-0.25, -0.2) is 0 Å². The molecule has 2 aromatic heterocycles. The minimum absolute atomic E-state index is 0.0588. The van der Waals surface area contributed by atoms with Gasteiger partial charge in [-0.05, 0) is 23.3 Å². The van der Waals surface area contributed by atoms with E-state index in [9.17, 15) is 9.90 Å². The number of ether oxygens (including phenoxy) is 1. The molecule has 4 aromatic rings. The van der Waals surface area contributed by atoms with Gasteiger partial charge in [0.2, 0.25) is 5.91 Å². The zero-order valence-corrected chi connectivity index (χ0v) is 17.9. The Labute approximate surface area is 189 Å². The van der Waals surface area contributed by atoms with Gasteiger partial charge < -0.3 is 19.7 Å². The Kier molecular flexibility index (Phi) is 5.59. The highest BCUT2D eigenvalue weighted by molar-refractivity contribution is 5.99. The minimum Gasteiger partial charge on any atom is -0.489 e. The number of rotatable bonds is 6. The molecule has 1 amide bonds. The van der Waals surface area contributed by atoms with Gasteiger partial charge in [0.1, 0.15) is 24.2 Å². The van der Waals surface area contributed by atoms with Crippen molar-refractivity contribution in [1.29, 1.82) is 0 Å². The SMILES string of the molecule is CN1C(=O)[C@@H](NC(O)c2nnc(Cc3ccccc3)[nH]2)COc2ccc(-c3cn[nH]c3)cc21. The van der Waals surface area contributed by atoms with Crippen LogP contribution in [0.4, 0.5) is 5.69 Å². The summed E-state index contributed by atoms with van der Waals surface area (Å²) in [4.78, 5) is 17.7. The summed E-state index contributed by atoms with van der Waals surface area (Å²) in [6, 6.07) is 14.7. The van der Waals surface area contributed by atoms with E-state index in [2.05, 4.69) is 30.7 Å². The maximum atomic E-state index is 13.1. The first-order valence-electron chi connectivity index (χ1n) is 10.5. The third-order valence-corrected chi connectivity index (χ3v) is 5.57. The summed E-state index contributed by atoms with van der Waals surface area (Å²) in [5, 5.41) is 28.4. The van der Waals surface area contributed by atoms with Crippen molar-refractivity contribution in [3.63, 3.8) is 0 Å². The summed E-state index contributed by atoms with van der Waals surface area (Å²) in [5.74, 6) is 1.21. The van der Waals surface area contributed by atoms with Crippen molar-refractivity contribution in [2.24, 2.45) is 0 Å². The Morgan fingerprint density at radius 3 is 2.85 bits per heavy atom. The molecular weight excluding hydrogens is 422 g/mol. The summed E-state index contributed by atoms with van der Waals surface area (Å²) >= 11 is 0. The predicted molar refractivity (Wildman–Crippen MR) is 120 cm³/mol. The molecule has 1 aliphatic rings. The molecule has 1 aliphatic heterocycles. The highest BCUT2D eigenvalue weighted by atomic mass is 16.5. The molecule has 0 aliphatic carbocycles. The third kappa shape index (κ3) is 4.34. The van der Waals surface area contributed by atoms with Gasteiger partial charge >= 0.3 is 0 Å². The van der Waals surface area contributed by atoms with E-state index in [4.69, 9.17) is 4.74 Å². The molecule has 0 saturated carbocycles. The van der Waals surface area contributed by atoms with E-state index in [0.717, 1.165) is 16.7 Å². The fraction of sp³-hybridized carbons (Fsp3) is 0.217. The van der Waals surface area contributed by atoms with E-state index in [0.29, 0.717) is 23.7 Å². The maximum Gasteiger partial charge on any atom is 0.247 e. The fourth-order valence-electron chi connectivity index (χ4n) is 3.78. The number of H-pyrrole nitrogens is 2. The third-order valence-electron chi connectivity index (χ3n) is 5.57. The summed E-state index contributed by atoms with van der Waals surface area (Å²) in [6.45, 7) is 0.0588. The van der Waals surface area contributed by atoms with Gasteiger partial charge in [0.25, 0.3) is 0 Å². The van der Waals surface area contributed by atoms with Crippen molar-refractivity contribution in [2.75, 3.05) is 18.6 Å². The van der Waals surface area contributed by atoms with Gasteiger partial charge in [-0.3, -0.25) is 15.2 Å². The molecule has 10 heteroatoms. The van der Waals surface area contributed by atoms with Crippen LogP contribution in [0, 0.1) is 0 Å². The predicted octanol–water partition coefficient (Wildman–Crippen LogP) is 1.79. The zero-order valence-electron chi connectivity index (χ0n) is 17.9. The molecule has 5 rings (SSSR count). The number of amides is 1. The van der Waals surface area contributed by atoms with E-state index in [-0.39, 0.29) is 18.3 Å². The Bertz CT molecular complexity index is 1240. The first-order chi connectivity index (χ1) is 16.1. The van der Waals surface area contributed by atoms with E-state index in [1.165, 1.54) is 4.90 Å². The Morgan fingerprint density at radius 2 is 2.06 bits per heavy atom. The number of aliphatic hydroxyl groups excluding tert-OH is 1. The second-order valence-corrected chi connectivity index (χ2v) is 7.82. The molecule has 2 atom stereocenters. The molecule has 0 bridgehead atoms. The highest BCUT2D eigenvalue weighted by Crippen LogP contribution is 2.34. The average Bonchev–Trinajstić information content (AvgIpc) is 3.52. The smallest absolute Gasteiger partial charge is 0.247 e. The van der Waals surface area contributed by atoms with E-state index < -0.39 is 12.3 Å². The minimum atomic E-state index is -1.21. The molecule has 0 spiro atoms. The van der Waals surface area contributed by atoms with Crippen molar-refractivity contribution < 1.29 is 14.6 Å². The van der Waals surface area contributed by atoms with Crippen LogP contribution in [0.25, 0.3) is 11.1 Å². The molecule has 0 radical (unpaired) electrons. The van der Waals surface area contributed by atoms with E-state index in [1.54, 1.807) is 19.4 Å². The molecule has 3 heterocycles. The average molecular weight is 445 g/mol. The first kappa shape index (κ1) is 20.9. The largest absolute Gasteiger partial charge is 0.489 e. The van der Waals surface area contributed by atoms with Crippen LogP contribution in [-0.2, 0) is 11.2 Å². The van der Waals surface area contributed by atoms with Gasteiger partial charge in [0, 0.05) is 25.2 Å². The van der Waals surface area contributed by atoms with Crippen LogP contribution >= 0.6 is 0 Å². The number of hydrogen-bond donors (Lipinski definition) is 4. The number of benzene rings is 2. The first-order valence-corrected chi connectivity index (χ1v) is 10.5. The number of likely N-dealkylation sites (N-methyl/N-ethyl adjacent to an activating group) is 1. The lowest BCUT2D eigenvalue weighted by Gasteiger charge is -2.22. The molecule has 0 saturated heterocycles. The van der Waals surface area contributed by atoms with Crippen LogP contribution < -0.4 is 15.0 Å².